The summed E-state index contributed by atoms with van der Waals surface area (Å²) >= 11 is 0. The Bertz CT molecular complexity index is 639. The van der Waals surface area contributed by atoms with Crippen LogP contribution in [0.4, 0.5) is 5.82 Å². The van der Waals surface area contributed by atoms with Crippen molar-refractivity contribution in [2.75, 3.05) is 27.1 Å². The number of hydrogen-bond acceptors (Lipinski definition) is 5. The van der Waals surface area contributed by atoms with Gasteiger partial charge in [0, 0.05) is 11.5 Å². The largest absolute Gasteiger partial charge is 0.493 e. The summed E-state index contributed by atoms with van der Waals surface area (Å²) in [6.07, 6.45) is 0. The lowest BCUT2D eigenvalue weighted by molar-refractivity contribution is 0.327. The lowest BCUT2D eigenvalue weighted by atomic mass is 10.0. The number of pyridine rings is 1. The summed E-state index contributed by atoms with van der Waals surface area (Å²) in [6.45, 7) is 4.15. The highest BCUT2D eigenvalue weighted by atomic mass is 16.5. The normalized spacial score (nSPS) is 10.9. The van der Waals surface area contributed by atoms with Crippen LogP contribution in [-0.4, -0.2) is 26.3 Å². The van der Waals surface area contributed by atoms with Gasteiger partial charge in [0.15, 0.2) is 11.5 Å². The Morgan fingerprint density at radius 2 is 1.65 bits per heavy atom. The van der Waals surface area contributed by atoms with Crippen LogP contribution in [0.25, 0.3) is 10.9 Å². The van der Waals surface area contributed by atoms with Gasteiger partial charge >= 0.3 is 0 Å². The van der Waals surface area contributed by atoms with Crippen molar-refractivity contribution in [1.29, 1.82) is 0 Å². The van der Waals surface area contributed by atoms with Crippen LogP contribution >= 0.6 is 0 Å². The number of nitrogens with zero attached hydrogens (tertiary/aromatic N) is 1. The zero-order chi connectivity index (χ0) is 14.9. The monoisotopic (exact) mass is 276 g/mol. The van der Waals surface area contributed by atoms with Crippen LogP contribution in [0.5, 0.6) is 17.2 Å². The lowest BCUT2D eigenvalue weighted by Gasteiger charge is -2.16. The standard InChI is InChI=1S/C15H20N2O3/c1-8(2)9-6-10-11(17-15(9)16)7-12(18-3)14(20-5)13(10)19-4/h6-8H,1-5H3,(H2,16,17). The second-order valence-electron chi connectivity index (χ2n) is 4.83. The highest BCUT2D eigenvalue weighted by Crippen LogP contribution is 2.43. The van der Waals surface area contributed by atoms with Crippen molar-refractivity contribution in [3.05, 3.63) is 17.7 Å². The molecule has 2 aromatic rings. The average Bonchev–Trinajstić information content (AvgIpc) is 2.43. The predicted octanol–water partition coefficient (Wildman–Crippen LogP) is 2.97. The molecule has 5 heteroatoms. The fourth-order valence-corrected chi connectivity index (χ4v) is 2.28. The Labute approximate surface area is 118 Å². The number of anilines is 1. The van der Waals surface area contributed by atoms with Gasteiger partial charge in [-0.05, 0) is 17.5 Å². The fraction of sp³-hybridized carbons (Fsp3) is 0.400. The van der Waals surface area contributed by atoms with E-state index in [1.165, 1.54) is 0 Å². The number of fused-ring (bicyclic) bond motifs is 1. The third kappa shape index (κ3) is 2.19. The molecule has 0 saturated carbocycles. The molecule has 0 aliphatic carbocycles. The van der Waals surface area contributed by atoms with Crippen LogP contribution in [-0.2, 0) is 0 Å². The summed E-state index contributed by atoms with van der Waals surface area (Å²) in [6, 6.07) is 3.81. The molecular weight excluding hydrogens is 256 g/mol. The van der Waals surface area contributed by atoms with Crippen LogP contribution < -0.4 is 19.9 Å². The molecule has 0 unspecified atom stereocenters. The van der Waals surface area contributed by atoms with E-state index in [0.29, 0.717) is 23.1 Å². The zero-order valence-electron chi connectivity index (χ0n) is 12.5. The third-order valence-corrected chi connectivity index (χ3v) is 3.31. The number of ether oxygens (including phenoxy) is 3. The first-order valence-corrected chi connectivity index (χ1v) is 6.42. The number of nitrogens with two attached hydrogens (primary N) is 1. The van der Waals surface area contributed by atoms with Gasteiger partial charge < -0.3 is 19.9 Å². The summed E-state index contributed by atoms with van der Waals surface area (Å²) in [4.78, 5) is 4.45. The quantitative estimate of drug-likeness (QED) is 0.930. The number of hydrogen-bond donors (Lipinski definition) is 1. The third-order valence-electron chi connectivity index (χ3n) is 3.31. The van der Waals surface area contributed by atoms with Crippen LogP contribution in [0.3, 0.4) is 0 Å². The van der Waals surface area contributed by atoms with E-state index in [2.05, 4.69) is 18.8 Å². The molecule has 1 heterocycles. The molecule has 0 aliphatic rings. The van der Waals surface area contributed by atoms with Gasteiger partial charge in [-0.2, -0.15) is 0 Å². The minimum absolute atomic E-state index is 0.282. The van der Waals surface area contributed by atoms with E-state index in [0.717, 1.165) is 16.5 Å². The SMILES string of the molecule is COc1cc2nc(N)c(C(C)C)cc2c(OC)c1OC. The molecule has 1 aromatic heterocycles. The average molecular weight is 276 g/mol. The smallest absolute Gasteiger partial charge is 0.204 e. The van der Waals surface area contributed by atoms with Crippen LogP contribution in [0, 0.1) is 0 Å². The van der Waals surface area contributed by atoms with Crippen LogP contribution in [0.1, 0.15) is 25.3 Å². The molecule has 1 aromatic carbocycles. The van der Waals surface area contributed by atoms with E-state index in [4.69, 9.17) is 19.9 Å². The van der Waals surface area contributed by atoms with Crippen molar-refractivity contribution >= 4 is 16.7 Å². The summed E-state index contributed by atoms with van der Waals surface area (Å²) in [7, 11) is 4.76. The van der Waals surface area contributed by atoms with Crippen molar-refractivity contribution in [3.63, 3.8) is 0 Å². The summed E-state index contributed by atoms with van der Waals surface area (Å²) in [5.74, 6) is 2.55. The molecule has 0 radical (unpaired) electrons. The fourth-order valence-electron chi connectivity index (χ4n) is 2.28. The van der Waals surface area contributed by atoms with Gasteiger partial charge in [0.1, 0.15) is 5.82 Å². The second kappa shape index (κ2) is 5.45. The van der Waals surface area contributed by atoms with Crippen molar-refractivity contribution in [1.82, 2.24) is 4.98 Å². The molecule has 0 bridgehead atoms. The lowest BCUT2D eigenvalue weighted by Crippen LogP contribution is -2.02. The Kier molecular flexibility index (Phi) is 3.88. The van der Waals surface area contributed by atoms with E-state index in [9.17, 15) is 0 Å². The molecule has 0 spiro atoms. The van der Waals surface area contributed by atoms with E-state index < -0.39 is 0 Å². The van der Waals surface area contributed by atoms with Gasteiger partial charge in [0.05, 0.1) is 26.8 Å². The van der Waals surface area contributed by atoms with Crippen LogP contribution in [0.15, 0.2) is 12.1 Å². The number of nitrogen functional groups attached to an aromatic ring is 1. The van der Waals surface area contributed by atoms with E-state index in [1.807, 2.05) is 6.07 Å². The Balaban J connectivity index is 2.85. The maximum absolute atomic E-state index is 6.02. The van der Waals surface area contributed by atoms with Gasteiger partial charge in [0.2, 0.25) is 5.75 Å². The molecule has 5 nitrogen and oxygen atoms in total. The Hall–Kier alpha value is -2.17. The molecule has 0 atom stereocenters. The van der Waals surface area contributed by atoms with Gasteiger partial charge in [0.25, 0.3) is 0 Å². The van der Waals surface area contributed by atoms with Gasteiger partial charge in [-0.3, -0.25) is 0 Å². The first kappa shape index (κ1) is 14.2. The van der Waals surface area contributed by atoms with Crippen molar-refractivity contribution < 1.29 is 14.2 Å². The molecule has 20 heavy (non-hydrogen) atoms. The maximum atomic E-state index is 6.02. The van der Waals surface area contributed by atoms with Gasteiger partial charge in [-0.25, -0.2) is 4.98 Å². The molecule has 2 rings (SSSR count). The zero-order valence-corrected chi connectivity index (χ0v) is 12.5. The van der Waals surface area contributed by atoms with Crippen molar-refractivity contribution in [2.24, 2.45) is 0 Å². The first-order valence-electron chi connectivity index (χ1n) is 6.42. The number of methoxy groups -OCH3 is 3. The van der Waals surface area contributed by atoms with E-state index in [-0.39, 0.29) is 5.92 Å². The molecule has 2 N–H and O–H groups in total. The topological polar surface area (TPSA) is 66.6 Å². The predicted molar refractivity (Wildman–Crippen MR) is 79.9 cm³/mol. The molecule has 0 amide bonds. The maximum Gasteiger partial charge on any atom is 0.204 e. The molecule has 0 aliphatic heterocycles. The summed E-state index contributed by atoms with van der Waals surface area (Å²) in [5.41, 5.74) is 7.73. The van der Waals surface area contributed by atoms with E-state index >= 15 is 0 Å². The molecule has 0 fully saturated rings. The van der Waals surface area contributed by atoms with E-state index in [1.54, 1.807) is 27.4 Å². The number of rotatable bonds is 4. The van der Waals surface area contributed by atoms with Crippen LogP contribution in [0.2, 0.25) is 0 Å². The van der Waals surface area contributed by atoms with Crippen molar-refractivity contribution in [2.45, 2.75) is 19.8 Å². The first-order chi connectivity index (χ1) is 9.53. The molecular formula is C15H20N2O3. The Morgan fingerprint density at radius 3 is 2.15 bits per heavy atom. The highest BCUT2D eigenvalue weighted by molar-refractivity contribution is 5.92. The summed E-state index contributed by atoms with van der Waals surface area (Å²) in [5, 5.41) is 0.864. The second-order valence-corrected chi connectivity index (χ2v) is 4.83. The minimum Gasteiger partial charge on any atom is -0.493 e. The highest BCUT2D eigenvalue weighted by Gasteiger charge is 2.18. The van der Waals surface area contributed by atoms with Gasteiger partial charge in [-0.1, -0.05) is 13.8 Å². The van der Waals surface area contributed by atoms with Gasteiger partial charge in [-0.15, -0.1) is 0 Å². The van der Waals surface area contributed by atoms with Crippen molar-refractivity contribution in [3.8, 4) is 17.2 Å². The molecule has 108 valence electrons. The number of aromatic nitrogens is 1. The molecule has 0 saturated heterocycles. The minimum atomic E-state index is 0.282. The number of benzene rings is 1. The summed E-state index contributed by atoms with van der Waals surface area (Å²) < 4.78 is 16.2. The Morgan fingerprint density at radius 1 is 1.00 bits per heavy atom.